The van der Waals surface area contributed by atoms with E-state index < -0.39 is 0 Å². The minimum Gasteiger partial charge on any atom is -0.494 e. The SMILES string of the molecule is O=C(CCCOc1ccccc1)OCc1cc(=O)c(OCc2ccccc2)co1. The van der Waals surface area contributed by atoms with Gasteiger partial charge in [0.25, 0.3) is 0 Å². The second kappa shape index (κ2) is 10.7. The first-order valence-electron chi connectivity index (χ1n) is 9.32. The van der Waals surface area contributed by atoms with Gasteiger partial charge in [0.1, 0.15) is 31.0 Å². The fourth-order valence-corrected chi connectivity index (χ4v) is 2.50. The van der Waals surface area contributed by atoms with Crippen molar-refractivity contribution in [2.24, 2.45) is 0 Å². The van der Waals surface area contributed by atoms with Gasteiger partial charge in [-0.1, -0.05) is 48.5 Å². The number of carbonyl (C=O) groups is 1. The second-order valence-electron chi connectivity index (χ2n) is 6.27. The maximum absolute atomic E-state index is 12.1. The monoisotopic (exact) mass is 394 g/mol. The van der Waals surface area contributed by atoms with Crippen LogP contribution in [0.3, 0.4) is 0 Å². The minimum absolute atomic E-state index is 0.105. The summed E-state index contributed by atoms with van der Waals surface area (Å²) in [4.78, 5) is 23.9. The van der Waals surface area contributed by atoms with Gasteiger partial charge in [-0.3, -0.25) is 9.59 Å². The van der Waals surface area contributed by atoms with E-state index in [-0.39, 0.29) is 42.5 Å². The Bertz CT molecular complexity index is 950. The first-order valence-corrected chi connectivity index (χ1v) is 9.32. The summed E-state index contributed by atoms with van der Waals surface area (Å²) in [5, 5.41) is 0. The standard InChI is InChI=1S/C23H22O6/c24-21-14-20(27-17-22(21)28-15-18-8-3-1-4-9-18)16-29-23(25)12-7-13-26-19-10-5-2-6-11-19/h1-6,8-11,14,17H,7,12-13,15-16H2. The Morgan fingerprint density at radius 3 is 2.34 bits per heavy atom. The lowest BCUT2D eigenvalue weighted by atomic mass is 10.2. The largest absolute Gasteiger partial charge is 0.494 e. The van der Waals surface area contributed by atoms with Gasteiger partial charge in [-0.2, -0.15) is 0 Å². The molecule has 0 aliphatic carbocycles. The quantitative estimate of drug-likeness (QED) is 0.380. The van der Waals surface area contributed by atoms with Crippen LogP contribution < -0.4 is 14.9 Å². The third-order valence-corrected chi connectivity index (χ3v) is 4.00. The molecule has 0 spiro atoms. The van der Waals surface area contributed by atoms with Crippen molar-refractivity contribution in [2.45, 2.75) is 26.1 Å². The van der Waals surface area contributed by atoms with Crippen LogP contribution in [0, 0.1) is 0 Å². The van der Waals surface area contributed by atoms with E-state index >= 15 is 0 Å². The van der Waals surface area contributed by atoms with Gasteiger partial charge >= 0.3 is 5.97 Å². The molecule has 6 heteroatoms. The van der Waals surface area contributed by atoms with Gasteiger partial charge in [0.05, 0.1) is 6.61 Å². The fourth-order valence-electron chi connectivity index (χ4n) is 2.50. The molecule has 0 atom stereocenters. The number of para-hydroxylation sites is 1. The van der Waals surface area contributed by atoms with Crippen molar-refractivity contribution >= 4 is 5.97 Å². The zero-order valence-electron chi connectivity index (χ0n) is 15.9. The first-order chi connectivity index (χ1) is 14.2. The molecule has 0 saturated carbocycles. The summed E-state index contributed by atoms with van der Waals surface area (Å²) < 4.78 is 21.5. The lowest BCUT2D eigenvalue weighted by Crippen LogP contribution is -2.10. The van der Waals surface area contributed by atoms with Gasteiger partial charge in [-0.15, -0.1) is 0 Å². The van der Waals surface area contributed by atoms with Gasteiger partial charge in [-0.05, 0) is 24.1 Å². The van der Waals surface area contributed by atoms with Gasteiger partial charge in [0.15, 0.2) is 0 Å². The zero-order valence-corrected chi connectivity index (χ0v) is 15.9. The number of hydrogen-bond acceptors (Lipinski definition) is 6. The van der Waals surface area contributed by atoms with Crippen LogP contribution in [0.15, 0.2) is 82.2 Å². The van der Waals surface area contributed by atoms with E-state index in [9.17, 15) is 9.59 Å². The Hall–Kier alpha value is -3.54. The second-order valence-corrected chi connectivity index (χ2v) is 6.27. The van der Waals surface area contributed by atoms with E-state index in [1.807, 2.05) is 60.7 Å². The lowest BCUT2D eigenvalue weighted by molar-refractivity contribution is -0.145. The van der Waals surface area contributed by atoms with Crippen LogP contribution in [-0.4, -0.2) is 12.6 Å². The summed E-state index contributed by atoms with van der Waals surface area (Å²) in [5.74, 6) is 0.754. The highest BCUT2D eigenvalue weighted by atomic mass is 16.5. The summed E-state index contributed by atoms with van der Waals surface area (Å²) in [5.41, 5.74) is 0.621. The Morgan fingerprint density at radius 1 is 0.897 bits per heavy atom. The summed E-state index contributed by atoms with van der Waals surface area (Å²) in [6, 6.07) is 20.2. The smallest absolute Gasteiger partial charge is 0.306 e. The highest BCUT2D eigenvalue weighted by molar-refractivity contribution is 5.69. The summed E-state index contributed by atoms with van der Waals surface area (Å²) in [6.07, 6.45) is 1.99. The third kappa shape index (κ3) is 6.84. The number of rotatable bonds is 10. The third-order valence-electron chi connectivity index (χ3n) is 4.00. The van der Waals surface area contributed by atoms with Crippen LogP contribution in [0.1, 0.15) is 24.2 Å². The van der Waals surface area contributed by atoms with Gasteiger partial charge in [0.2, 0.25) is 11.2 Å². The van der Waals surface area contributed by atoms with Crippen molar-refractivity contribution in [3.05, 3.63) is 94.5 Å². The molecule has 1 aromatic heterocycles. The van der Waals surface area contributed by atoms with Crippen molar-refractivity contribution in [1.82, 2.24) is 0 Å². The maximum Gasteiger partial charge on any atom is 0.306 e. The van der Waals surface area contributed by atoms with E-state index in [0.29, 0.717) is 13.0 Å². The Balaban J connectivity index is 1.38. The van der Waals surface area contributed by atoms with Crippen LogP contribution in [0.5, 0.6) is 11.5 Å². The molecule has 29 heavy (non-hydrogen) atoms. The van der Waals surface area contributed by atoms with E-state index in [1.54, 1.807) is 0 Å². The molecule has 0 aliphatic rings. The molecule has 0 amide bonds. The molecular weight excluding hydrogens is 372 g/mol. The van der Waals surface area contributed by atoms with Crippen molar-refractivity contribution < 1.29 is 23.4 Å². The molecule has 2 aromatic carbocycles. The average Bonchev–Trinajstić information content (AvgIpc) is 2.76. The van der Waals surface area contributed by atoms with Crippen LogP contribution in [0.25, 0.3) is 0 Å². The van der Waals surface area contributed by atoms with Crippen LogP contribution in [0.4, 0.5) is 0 Å². The Labute approximate surface area is 168 Å². The molecule has 0 unspecified atom stereocenters. The van der Waals surface area contributed by atoms with Crippen LogP contribution in [0.2, 0.25) is 0 Å². The topological polar surface area (TPSA) is 75.0 Å². The molecule has 0 fully saturated rings. The molecule has 0 saturated heterocycles. The minimum atomic E-state index is -0.381. The highest BCUT2D eigenvalue weighted by Crippen LogP contribution is 2.11. The van der Waals surface area contributed by atoms with E-state index in [4.69, 9.17) is 18.6 Å². The predicted octanol–water partition coefficient (Wildman–Crippen LogP) is 4.12. The summed E-state index contributed by atoms with van der Waals surface area (Å²) in [7, 11) is 0. The predicted molar refractivity (Wildman–Crippen MR) is 107 cm³/mol. The molecule has 0 bridgehead atoms. The maximum atomic E-state index is 12.1. The molecule has 3 aromatic rings. The highest BCUT2D eigenvalue weighted by Gasteiger charge is 2.08. The van der Waals surface area contributed by atoms with E-state index in [1.165, 1.54) is 12.3 Å². The van der Waals surface area contributed by atoms with Gasteiger partial charge < -0.3 is 18.6 Å². The van der Waals surface area contributed by atoms with Gasteiger partial charge in [0, 0.05) is 12.5 Å². The molecule has 3 rings (SSSR count). The molecule has 0 aliphatic heterocycles. The normalized spacial score (nSPS) is 10.3. The average molecular weight is 394 g/mol. The molecule has 6 nitrogen and oxygen atoms in total. The summed E-state index contributed by atoms with van der Waals surface area (Å²) >= 11 is 0. The first kappa shape index (κ1) is 20.2. The number of ether oxygens (including phenoxy) is 3. The van der Waals surface area contributed by atoms with Crippen molar-refractivity contribution in [2.75, 3.05) is 6.61 Å². The molecule has 0 N–H and O–H groups in total. The van der Waals surface area contributed by atoms with Gasteiger partial charge in [-0.25, -0.2) is 0 Å². The van der Waals surface area contributed by atoms with Crippen molar-refractivity contribution in [1.29, 1.82) is 0 Å². The molecular formula is C23H22O6. The van der Waals surface area contributed by atoms with Crippen molar-refractivity contribution in [3.63, 3.8) is 0 Å². The van der Waals surface area contributed by atoms with Crippen LogP contribution >= 0.6 is 0 Å². The number of esters is 1. The van der Waals surface area contributed by atoms with E-state index in [0.717, 1.165) is 11.3 Å². The number of benzene rings is 2. The molecule has 1 heterocycles. The van der Waals surface area contributed by atoms with Crippen LogP contribution in [-0.2, 0) is 22.7 Å². The molecule has 0 radical (unpaired) electrons. The Kier molecular flexibility index (Phi) is 7.46. The fraction of sp³-hybridized carbons (Fsp3) is 0.217. The molecule has 150 valence electrons. The number of hydrogen-bond donors (Lipinski definition) is 0. The zero-order chi connectivity index (χ0) is 20.3. The van der Waals surface area contributed by atoms with E-state index in [2.05, 4.69) is 0 Å². The Morgan fingerprint density at radius 2 is 1.62 bits per heavy atom. The number of carbonyl (C=O) groups excluding carboxylic acids is 1. The lowest BCUT2D eigenvalue weighted by Gasteiger charge is -2.07. The van der Waals surface area contributed by atoms with Crippen molar-refractivity contribution in [3.8, 4) is 11.5 Å². The summed E-state index contributed by atoms with van der Waals surface area (Å²) in [6.45, 7) is 0.583.